The van der Waals surface area contributed by atoms with E-state index < -0.39 is 0 Å². The van der Waals surface area contributed by atoms with Crippen molar-refractivity contribution in [3.63, 3.8) is 0 Å². The van der Waals surface area contributed by atoms with Crippen LogP contribution in [0.4, 0.5) is 0 Å². The van der Waals surface area contributed by atoms with Crippen LogP contribution in [0.1, 0.15) is 27.7 Å². The Bertz CT molecular complexity index is 500. The summed E-state index contributed by atoms with van der Waals surface area (Å²) in [5.74, 6) is 0.0729. The summed E-state index contributed by atoms with van der Waals surface area (Å²) in [5.41, 5.74) is 0. The highest BCUT2D eigenvalue weighted by molar-refractivity contribution is 5.83. The largest absolute Gasteiger partial charge is 0.325 e. The molecule has 0 aliphatic carbocycles. The van der Waals surface area contributed by atoms with Crippen LogP contribution in [-0.4, -0.2) is 30.7 Å². The van der Waals surface area contributed by atoms with Crippen LogP contribution in [0.2, 0.25) is 0 Å². The zero-order chi connectivity index (χ0) is 15.0. The molecule has 0 fully saturated rings. The number of rotatable bonds is 4. The molecule has 0 spiro atoms. The van der Waals surface area contributed by atoms with E-state index in [4.69, 9.17) is 0 Å². The van der Waals surface area contributed by atoms with E-state index in [0.717, 1.165) is 10.8 Å². The molecule has 109 valence electrons. The average molecular weight is 273 g/mol. The van der Waals surface area contributed by atoms with Crippen LogP contribution in [0.25, 0.3) is 10.8 Å². The quantitative estimate of drug-likeness (QED) is 0.708. The smallest absolute Gasteiger partial charge is 0.179 e. The van der Waals surface area contributed by atoms with E-state index in [2.05, 4.69) is 27.7 Å². The molecule has 0 bridgehead atoms. The fourth-order valence-corrected chi connectivity index (χ4v) is 2.51. The third-order valence-electron chi connectivity index (χ3n) is 4.40. The Morgan fingerprint density at radius 3 is 1.70 bits per heavy atom. The number of hydrogen-bond acceptors (Lipinski definition) is 0. The topological polar surface area (TPSA) is 19.9 Å². The molecule has 1 radical (unpaired) electrons. The van der Waals surface area contributed by atoms with Crippen molar-refractivity contribution >= 4 is 10.8 Å². The van der Waals surface area contributed by atoms with Gasteiger partial charge in [-0.05, 0) is 50.6 Å². The molecule has 0 saturated heterocycles. The van der Waals surface area contributed by atoms with Crippen molar-refractivity contribution in [1.29, 1.82) is 0 Å². The van der Waals surface area contributed by atoms with Crippen LogP contribution in [0.5, 0.6) is 5.75 Å². The zero-order valence-electron chi connectivity index (χ0n) is 13.2. The molecule has 0 aliphatic rings. The number of benzene rings is 2. The lowest BCUT2D eigenvalue weighted by Gasteiger charge is -2.34. The summed E-state index contributed by atoms with van der Waals surface area (Å²) in [6.45, 7) is 14.2. The predicted octanol–water partition coefficient (Wildman–Crippen LogP) is 4.87. The first-order valence-electron chi connectivity index (χ1n) is 7.61. The van der Waals surface area contributed by atoms with Crippen LogP contribution in [0, 0.1) is 0 Å². The minimum absolute atomic E-state index is 0.0729. The summed E-state index contributed by atoms with van der Waals surface area (Å²) in [5, 5.41) is 13.0. The van der Waals surface area contributed by atoms with Crippen molar-refractivity contribution in [3.8, 4) is 5.75 Å². The van der Waals surface area contributed by atoms with Gasteiger partial charge < -0.3 is 4.48 Å². The van der Waals surface area contributed by atoms with Crippen LogP contribution >= 0.6 is 0 Å². The van der Waals surface area contributed by atoms with Crippen LogP contribution < -0.4 is 0 Å². The summed E-state index contributed by atoms with van der Waals surface area (Å²) >= 11 is 0. The van der Waals surface area contributed by atoms with Gasteiger partial charge >= 0.3 is 0 Å². The highest BCUT2D eigenvalue weighted by Crippen LogP contribution is 2.19. The molecular weight excluding hydrogens is 246 g/mol. The van der Waals surface area contributed by atoms with E-state index in [1.54, 1.807) is 12.1 Å². The molecule has 0 aliphatic heterocycles. The van der Waals surface area contributed by atoms with Gasteiger partial charge in [0.2, 0.25) is 0 Å². The molecule has 20 heavy (non-hydrogen) atoms. The minimum atomic E-state index is 0.0729. The molecule has 0 heterocycles. The third-order valence-corrected chi connectivity index (χ3v) is 4.40. The van der Waals surface area contributed by atoms with E-state index in [0.29, 0.717) is 0 Å². The number of quaternary nitrogens is 1. The SMILES string of the molecule is CC[N+](CC)(CC)CC.[O]c1ccc2ccccc2c1. The van der Waals surface area contributed by atoms with Crippen molar-refractivity contribution in [2.45, 2.75) is 27.7 Å². The Hall–Kier alpha value is -1.54. The molecule has 0 aromatic heterocycles. The highest BCUT2D eigenvalue weighted by atomic mass is 16.3. The van der Waals surface area contributed by atoms with Gasteiger partial charge in [0.25, 0.3) is 0 Å². The molecule has 0 unspecified atom stereocenters. The van der Waals surface area contributed by atoms with E-state index in [1.807, 2.05) is 30.3 Å². The Labute approximate surface area is 123 Å². The second-order valence-corrected chi connectivity index (χ2v) is 5.12. The van der Waals surface area contributed by atoms with E-state index in [-0.39, 0.29) is 5.75 Å². The summed E-state index contributed by atoms with van der Waals surface area (Å²) < 4.78 is 1.28. The summed E-state index contributed by atoms with van der Waals surface area (Å²) in [4.78, 5) is 0. The van der Waals surface area contributed by atoms with Crippen molar-refractivity contribution in [3.05, 3.63) is 42.5 Å². The lowest BCUT2D eigenvalue weighted by atomic mass is 10.1. The maximum absolute atomic E-state index is 10.9. The monoisotopic (exact) mass is 273 g/mol. The Morgan fingerprint density at radius 2 is 1.25 bits per heavy atom. The molecule has 2 rings (SSSR count). The molecule has 0 saturated carbocycles. The third kappa shape index (κ3) is 4.24. The first kappa shape index (κ1) is 16.5. The minimum Gasteiger partial charge on any atom is -0.325 e. The van der Waals surface area contributed by atoms with E-state index in [1.165, 1.54) is 30.7 Å². The van der Waals surface area contributed by atoms with Gasteiger partial charge in [-0.1, -0.05) is 30.3 Å². The maximum atomic E-state index is 10.9. The maximum Gasteiger partial charge on any atom is 0.179 e. The Kier molecular flexibility index (Phi) is 6.53. The van der Waals surface area contributed by atoms with Crippen LogP contribution in [0.3, 0.4) is 0 Å². The fourth-order valence-electron chi connectivity index (χ4n) is 2.51. The highest BCUT2D eigenvalue weighted by Gasteiger charge is 2.16. The van der Waals surface area contributed by atoms with Gasteiger partial charge in [-0.15, -0.1) is 0 Å². The van der Waals surface area contributed by atoms with Gasteiger partial charge in [0, 0.05) is 0 Å². The van der Waals surface area contributed by atoms with Gasteiger partial charge in [-0.3, -0.25) is 5.11 Å². The van der Waals surface area contributed by atoms with Gasteiger partial charge in [0.1, 0.15) is 0 Å². The van der Waals surface area contributed by atoms with Crippen molar-refractivity contribution < 1.29 is 9.59 Å². The Balaban J connectivity index is 0.000000206. The normalized spacial score (nSPS) is 11.0. The standard InChI is InChI=1S/C10H7O.C8H20N/c11-10-6-5-8-3-1-2-4-9(8)7-10;1-5-9(6-2,7-3)8-4/h1-7H;5-8H2,1-4H3/q;+1. The summed E-state index contributed by atoms with van der Waals surface area (Å²) in [6, 6.07) is 12.9. The molecular formula is C18H27NO+. The number of hydrogen-bond donors (Lipinski definition) is 0. The zero-order valence-corrected chi connectivity index (χ0v) is 13.2. The summed E-state index contributed by atoms with van der Waals surface area (Å²) in [7, 11) is 0. The number of fused-ring (bicyclic) bond motifs is 1. The molecule has 0 atom stereocenters. The molecule has 2 aromatic carbocycles. The lowest BCUT2D eigenvalue weighted by Crippen LogP contribution is -2.47. The Morgan fingerprint density at radius 1 is 0.750 bits per heavy atom. The number of nitrogens with zero attached hydrogens (tertiary/aromatic N) is 1. The van der Waals surface area contributed by atoms with Crippen molar-refractivity contribution in [1.82, 2.24) is 0 Å². The second-order valence-electron chi connectivity index (χ2n) is 5.12. The van der Waals surface area contributed by atoms with Crippen LogP contribution in [-0.2, 0) is 5.11 Å². The second kappa shape index (κ2) is 7.91. The summed E-state index contributed by atoms with van der Waals surface area (Å²) in [6.07, 6.45) is 0. The predicted molar refractivity (Wildman–Crippen MR) is 86.5 cm³/mol. The fraction of sp³-hybridized carbons (Fsp3) is 0.444. The molecule has 2 aromatic rings. The van der Waals surface area contributed by atoms with Gasteiger partial charge in [0.05, 0.1) is 26.2 Å². The lowest BCUT2D eigenvalue weighted by molar-refractivity contribution is -0.921. The van der Waals surface area contributed by atoms with Crippen molar-refractivity contribution in [2.24, 2.45) is 0 Å². The van der Waals surface area contributed by atoms with E-state index in [9.17, 15) is 5.11 Å². The first-order chi connectivity index (χ1) is 9.60. The average Bonchev–Trinajstić information content (AvgIpc) is 2.51. The van der Waals surface area contributed by atoms with Gasteiger partial charge in [-0.25, -0.2) is 0 Å². The van der Waals surface area contributed by atoms with Gasteiger partial charge in [-0.2, -0.15) is 0 Å². The molecule has 0 amide bonds. The van der Waals surface area contributed by atoms with Crippen molar-refractivity contribution in [2.75, 3.05) is 26.2 Å². The van der Waals surface area contributed by atoms with Crippen LogP contribution in [0.15, 0.2) is 42.5 Å². The molecule has 0 N–H and O–H groups in total. The van der Waals surface area contributed by atoms with E-state index >= 15 is 0 Å². The molecule has 2 nitrogen and oxygen atoms in total. The first-order valence-corrected chi connectivity index (χ1v) is 7.61. The molecule has 2 heteroatoms. The van der Waals surface area contributed by atoms with Gasteiger partial charge in [0.15, 0.2) is 5.75 Å².